The molecule has 7 heteroatoms. The fraction of sp³-hybridized carbons (Fsp3) is 0.667. The summed E-state index contributed by atoms with van der Waals surface area (Å²) < 4.78 is 5.53. The SMILES string of the molecule is CCNC(=NCC(c1ccco1)N(C)C)N(C)CC(=O)N(CC)CC. The second kappa shape index (κ2) is 10.8. The maximum atomic E-state index is 12.3. The van der Waals surface area contributed by atoms with E-state index in [-0.39, 0.29) is 11.9 Å². The van der Waals surface area contributed by atoms with Gasteiger partial charge in [0.1, 0.15) is 5.76 Å². The second-order valence-electron chi connectivity index (χ2n) is 6.11. The lowest BCUT2D eigenvalue weighted by Crippen LogP contribution is -2.46. The summed E-state index contributed by atoms with van der Waals surface area (Å²) in [6.45, 7) is 9.04. The first kappa shape index (κ1) is 21.0. The molecule has 0 aliphatic rings. The number of carbonyl (C=O) groups is 1. The van der Waals surface area contributed by atoms with Gasteiger partial charge in [-0.3, -0.25) is 14.7 Å². The topological polar surface area (TPSA) is 64.3 Å². The van der Waals surface area contributed by atoms with Gasteiger partial charge in [0.2, 0.25) is 5.91 Å². The molecule has 1 heterocycles. The highest BCUT2D eigenvalue weighted by Crippen LogP contribution is 2.18. The Labute approximate surface area is 151 Å². The first-order valence-electron chi connectivity index (χ1n) is 8.91. The third-order valence-electron chi connectivity index (χ3n) is 4.09. The van der Waals surface area contributed by atoms with Gasteiger partial charge in [-0.15, -0.1) is 0 Å². The van der Waals surface area contributed by atoms with Gasteiger partial charge in [0, 0.05) is 26.7 Å². The van der Waals surface area contributed by atoms with Crippen LogP contribution in [0.5, 0.6) is 0 Å². The molecule has 1 aromatic rings. The molecule has 142 valence electrons. The zero-order chi connectivity index (χ0) is 18.8. The van der Waals surface area contributed by atoms with Crippen LogP contribution in [0.3, 0.4) is 0 Å². The van der Waals surface area contributed by atoms with Crippen molar-refractivity contribution in [2.45, 2.75) is 26.8 Å². The first-order valence-corrected chi connectivity index (χ1v) is 8.91. The smallest absolute Gasteiger partial charge is 0.242 e. The molecule has 0 fully saturated rings. The zero-order valence-electron chi connectivity index (χ0n) is 16.5. The van der Waals surface area contributed by atoms with Crippen LogP contribution in [0.2, 0.25) is 0 Å². The Kier molecular flexibility index (Phi) is 9.05. The molecule has 0 aliphatic carbocycles. The average Bonchev–Trinajstić information content (AvgIpc) is 3.09. The van der Waals surface area contributed by atoms with Crippen LogP contribution in [0.25, 0.3) is 0 Å². The molecule has 0 bridgehead atoms. The quantitative estimate of drug-likeness (QED) is 0.541. The molecule has 1 unspecified atom stereocenters. The lowest BCUT2D eigenvalue weighted by atomic mass is 10.2. The van der Waals surface area contributed by atoms with Crippen molar-refractivity contribution < 1.29 is 9.21 Å². The molecule has 25 heavy (non-hydrogen) atoms. The average molecular weight is 351 g/mol. The number of guanidine groups is 1. The Balaban J connectivity index is 2.82. The van der Waals surface area contributed by atoms with Crippen molar-refractivity contribution >= 4 is 11.9 Å². The van der Waals surface area contributed by atoms with E-state index in [1.54, 1.807) is 6.26 Å². The highest BCUT2D eigenvalue weighted by atomic mass is 16.3. The van der Waals surface area contributed by atoms with Crippen molar-refractivity contribution in [3.05, 3.63) is 24.2 Å². The molecule has 0 aliphatic heterocycles. The van der Waals surface area contributed by atoms with Crippen LogP contribution < -0.4 is 5.32 Å². The molecule has 1 amide bonds. The van der Waals surface area contributed by atoms with Crippen LogP contribution in [0.15, 0.2) is 27.8 Å². The lowest BCUT2D eigenvalue weighted by Gasteiger charge is -2.26. The van der Waals surface area contributed by atoms with Crippen LogP contribution in [0.1, 0.15) is 32.6 Å². The van der Waals surface area contributed by atoms with Gasteiger partial charge < -0.3 is 19.5 Å². The van der Waals surface area contributed by atoms with E-state index in [1.807, 2.05) is 63.8 Å². The third kappa shape index (κ3) is 6.42. The largest absolute Gasteiger partial charge is 0.468 e. The highest BCUT2D eigenvalue weighted by molar-refractivity contribution is 5.86. The minimum atomic E-state index is 0.0514. The Morgan fingerprint density at radius 3 is 2.40 bits per heavy atom. The summed E-state index contributed by atoms with van der Waals surface area (Å²) in [5, 5.41) is 3.26. The van der Waals surface area contributed by atoms with Gasteiger partial charge in [-0.1, -0.05) is 0 Å². The number of likely N-dealkylation sites (N-methyl/N-ethyl adjacent to an activating group) is 3. The van der Waals surface area contributed by atoms with Gasteiger partial charge in [-0.25, -0.2) is 0 Å². The number of amides is 1. The third-order valence-corrected chi connectivity index (χ3v) is 4.09. The summed E-state index contributed by atoms with van der Waals surface area (Å²) in [7, 11) is 5.90. The number of nitrogens with zero attached hydrogens (tertiary/aromatic N) is 4. The summed E-state index contributed by atoms with van der Waals surface area (Å²) in [4.78, 5) is 22.8. The number of furan rings is 1. The Morgan fingerprint density at radius 2 is 1.92 bits per heavy atom. The number of carbonyl (C=O) groups excluding carboxylic acids is 1. The number of rotatable bonds is 9. The fourth-order valence-electron chi connectivity index (χ4n) is 2.59. The lowest BCUT2D eigenvalue weighted by molar-refractivity contribution is -0.131. The van der Waals surface area contributed by atoms with Crippen LogP contribution in [-0.2, 0) is 4.79 Å². The van der Waals surface area contributed by atoms with E-state index in [4.69, 9.17) is 9.41 Å². The van der Waals surface area contributed by atoms with Crippen LogP contribution in [-0.4, -0.2) is 80.4 Å². The minimum Gasteiger partial charge on any atom is -0.468 e. The van der Waals surface area contributed by atoms with Gasteiger partial charge in [-0.05, 0) is 47.0 Å². The molecule has 0 radical (unpaired) electrons. The van der Waals surface area contributed by atoms with E-state index in [2.05, 4.69) is 10.2 Å². The number of aliphatic imine (C=N–C) groups is 1. The van der Waals surface area contributed by atoms with E-state index in [9.17, 15) is 4.79 Å². The van der Waals surface area contributed by atoms with Crippen molar-refractivity contribution in [1.29, 1.82) is 0 Å². The van der Waals surface area contributed by atoms with Crippen molar-refractivity contribution in [1.82, 2.24) is 20.0 Å². The van der Waals surface area contributed by atoms with E-state index in [0.29, 0.717) is 13.1 Å². The van der Waals surface area contributed by atoms with E-state index in [1.165, 1.54) is 0 Å². The standard InChI is InChI=1S/C18H33N5O2/c1-7-19-18(22(6)14-17(24)23(8-2)9-3)20-13-15(21(4)5)16-11-10-12-25-16/h10-12,15H,7-9,13-14H2,1-6H3,(H,19,20). The van der Waals surface area contributed by atoms with Crippen molar-refractivity contribution in [3.8, 4) is 0 Å². The van der Waals surface area contributed by atoms with Crippen molar-refractivity contribution in [3.63, 3.8) is 0 Å². The molecule has 0 spiro atoms. The van der Waals surface area contributed by atoms with Crippen LogP contribution in [0.4, 0.5) is 0 Å². The normalized spacial score (nSPS) is 13.0. The second-order valence-corrected chi connectivity index (χ2v) is 6.11. The summed E-state index contributed by atoms with van der Waals surface area (Å²) in [5.74, 6) is 1.71. The number of hydrogen-bond acceptors (Lipinski definition) is 4. The minimum absolute atomic E-state index is 0.0514. The molecule has 1 N–H and O–H groups in total. The monoisotopic (exact) mass is 351 g/mol. The van der Waals surface area contributed by atoms with Crippen molar-refractivity contribution in [2.24, 2.45) is 4.99 Å². The fourth-order valence-corrected chi connectivity index (χ4v) is 2.59. The predicted molar refractivity (Wildman–Crippen MR) is 102 cm³/mol. The zero-order valence-corrected chi connectivity index (χ0v) is 16.5. The molecule has 7 nitrogen and oxygen atoms in total. The Morgan fingerprint density at radius 1 is 1.24 bits per heavy atom. The van der Waals surface area contributed by atoms with Gasteiger partial charge >= 0.3 is 0 Å². The molecule has 0 aromatic carbocycles. The maximum Gasteiger partial charge on any atom is 0.242 e. The molecule has 1 aromatic heterocycles. The van der Waals surface area contributed by atoms with Gasteiger partial charge in [0.15, 0.2) is 5.96 Å². The summed E-state index contributed by atoms with van der Waals surface area (Å²) in [6, 6.07) is 3.90. The first-order chi connectivity index (χ1) is 11.9. The molecule has 0 saturated carbocycles. The summed E-state index contributed by atoms with van der Waals surface area (Å²) >= 11 is 0. The summed E-state index contributed by atoms with van der Waals surface area (Å²) in [6.07, 6.45) is 1.68. The Bertz CT molecular complexity index is 524. The predicted octanol–water partition coefficient (Wildman–Crippen LogP) is 1.65. The maximum absolute atomic E-state index is 12.3. The molecule has 1 rings (SSSR count). The van der Waals surface area contributed by atoms with E-state index in [0.717, 1.165) is 31.4 Å². The molecular formula is C18H33N5O2. The van der Waals surface area contributed by atoms with Gasteiger partial charge in [0.25, 0.3) is 0 Å². The highest BCUT2D eigenvalue weighted by Gasteiger charge is 2.19. The van der Waals surface area contributed by atoms with Crippen LogP contribution in [0, 0.1) is 0 Å². The number of hydrogen-bond donors (Lipinski definition) is 1. The van der Waals surface area contributed by atoms with E-state index >= 15 is 0 Å². The molecular weight excluding hydrogens is 318 g/mol. The Hall–Kier alpha value is -2.02. The van der Waals surface area contributed by atoms with E-state index < -0.39 is 0 Å². The summed E-state index contributed by atoms with van der Waals surface area (Å²) in [5.41, 5.74) is 0. The molecule has 0 saturated heterocycles. The van der Waals surface area contributed by atoms with Crippen LogP contribution >= 0.6 is 0 Å². The van der Waals surface area contributed by atoms with Gasteiger partial charge in [0.05, 0.1) is 25.4 Å². The molecule has 1 atom stereocenters. The number of nitrogens with one attached hydrogen (secondary N) is 1. The van der Waals surface area contributed by atoms with Crippen molar-refractivity contribution in [2.75, 3.05) is 53.9 Å². The van der Waals surface area contributed by atoms with Gasteiger partial charge in [-0.2, -0.15) is 0 Å².